The molecule has 0 aromatic carbocycles. The number of aliphatic hydroxyl groups is 2. The van der Waals surface area contributed by atoms with Gasteiger partial charge in [-0.15, -0.1) is 24.8 Å². The van der Waals surface area contributed by atoms with Crippen molar-refractivity contribution in [3.05, 3.63) is 35.6 Å². The van der Waals surface area contributed by atoms with Crippen LogP contribution in [0, 0.1) is 19.3 Å². The highest BCUT2D eigenvalue weighted by Crippen LogP contribution is 2.38. The Morgan fingerprint density at radius 3 is 2.48 bits per heavy atom. The summed E-state index contributed by atoms with van der Waals surface area (Å²) >= 11 is 0. The largest absolute Gasteiger partial charge is 0.476 e. The fourth-order valence-corrected chi connectivity index (χ4v) is 3.35. The molecule has 2 aromatic rings. The number of halogens is 2. The topological polar surface area (TPSA) is 114 Å². The first-order valence-corrected chi connectivity index (χ1v) is 8.36. The number of hydrogen-bond donors (Lipinski definition) is 3. The number of hydrogen-bond acceptors (Lipinski definition) is 8. The predicted octanol–water partition coefficient (Wildman–Crippen LogP) is 1.60. The lowest BCUT2D eigenvalue weighted by Gasteiger charge is -2.29. The maximum Gasteiger partial charge on any atom is 0.232 e. The number of nitrogens with zero attached hydrogens (tertiary/aromatic N) is 3. The number of aromatic nitrogens is 3. The fourth-order valence-electron chi connectivity index (χ4n) is 3.35. The van der Waals surface area contributed by atoms with Crippen LogP contribution in [0.15, 0.2) is 23.1 Å². The summed E-state index contributed by atoms with van der Waals surface area (Å²) in [6.07, 6.45) is 4.13. The lowest BCUT2D eigenvalue weighted by atomic mass is 9.86. The standard InChI is InChI=1S/C17H24N4O4.2ClH/c1-11-13(12(2)25-21-11)7-19-9-17(5-14(22)15(23)6-17)10-24-16-8-18-3-4-20-16;;/h3-4,8,14-15,19,22-23H,5-7,9-10H2,1-2H3;2*1H/t14-,15+,17?;;. The molecular weight excluding hydrogens is 395 g/mol. The molecule has 3 rings (SSSR count). The molecule has 2 aromatic heterocycles. The Kier molecular flexibility index (Phi) is 8.90. The van der Waals surface area contributed by atoms with Crippen LogP contribution in [0.4, 0.5) is 0 Å². The summed E-state index contributed by atoms with van der Waals surface area (Å²) in [6, 6.07) is 0. The molecule has 1 aliphatic carbocycles. The summed E-state index contributed by atoms with van der Waals surface area (Å²) in [7, 11) is 0. The lowest BCUT2D eigenvalue weighted by Crippen LogP contribution is -2.38. The SMILES string of the molecule is Cc1noc(C)c1CNCC1(COc2cnccn2)C[C@@H](O)[C@@H](O)C1.Cl.Cl. The van der Waals surface area contributed by atoms with Gasteiger partial charge in [-0.05, 0) is 26.7 Å². The molecule has 152 valence electrons. The molecular formula is C17H26Cl2N4O4. The molecule has 0 aliphatic heterocycles. The molecule has 1 fully saturated rings. The summed E-state index contributed by atoms with van der Waals surface area (Å²) in [5.41, 5.74) is 1.51. The van der Waals surface area contributed by atoms with Crippen LogP contribution >= 0.6 is 24.8 Å². The summed E-state index contributed by atoms with van der Waals surface area (Å²) in [5, 5.41) is 27.4. The predicted molar refractivity (Wildman–Crippen MR) is 103 cm³/mol. The summed E-state index contributed by atoms with van der Waals surface area (Å²) in [6.45, 7) is 5.33. The lowest BCUT2D eigenvalue weighted by molar-refractivity contribution is 0.0438. The van der Waals surface area contributed by atoms with E-state index in [1.54, 1.807) is 18.6 Å². The molecule has 0 amide bonds. The third kappa shape index (κ3) is 5.76. The van der Waals surface area contributed by atoms with Crippen LogP contribution in [0.3, 0.4) is 0 Å². The monoisotopic (exact) mass is 420 g/mol. The van der Waals surface area contributed by atoms with Gasteiger partial charge in [0.05, 0.1) is 30.7 Å². The van der Waals surface area contributed by atoms with E-state index in [1.807, 2.05) is 13.8 Å². The van der Waals surface area contributed by atoms with Gasteiger partial charge in [0.25, 0.3) is 0 Å². The van der Waals surface area contributed by atoms with E-state index in [4.69, 9.17) is 9.26 Å². The van der Waals surface area contributed by atoms with Crippen LogP contribution in [0.5, 0.6) is 5.88 Å². The van der Waals surface area contributed by atoms with Crippen molar-refractivity contribution in [2.24, 2.45) is 5.41 Å². The molecule has 1 aliphatic rings. The minimum Gasteiger partial charge on any atom is -0.476 e. The fraction of sp³-hybridized carbons (Fsp3) is 0.588. The van der Waals surface area contributed by atoms with E-state index in [0.29, 0.717) is 38.4 Å². The Morgan fingerprint density at radius 2 is 1.93 bits per heavy atom. The number of nitrogens with one attached hydrogen (secondary N) is 1. The molecule has 10 heteroatoms. The van der Waals surface area contributed by atoms with Crippen LogP contribution in [0.2, 0.25) is 0 Å². The maximum absolute atomic E-state index is 10.0. The third-order valence-electron chi connectivity index (χ3n) is 4.78. The van der Waals surface area contributed by atoms with Gasteiger partial charge in [-0.3, -0.25) is 4.98 Å². The molecule has 1 saturated carbocycles. The van der Waals surface area contributed by atoms with E-state index >= 15 is 0 Å². The van der Waals surface area contributed by atoms with E-state index in [0.717, 1.165) is 17.0 Å². The van der Waals surface area contributed by atoms with Crippen LogP contribution in [0.1, 0.15) is 29.9 Å². The van der Waals surface area contributed by atoms with Gasteiger partial charge in [-0.2, -0.15) is 0 Å². The second kappa shape index (κ2) is 10.2. The number of rotatable bonds is 7. The van der Waals surface area contributed by atoms with Crippen molar-refractivity contribution in [3.8, 4) is 5.88 Å². The second-order valence-corrected chi connectivity index (χ2v) is 6.78. The average Bonchev–Trinajstić information content (AvgIpc) is 3.07. The van der Waals surface area contributed by atoms with Gasteiger partial charge < -0.3 is 24.8 Å². The second-order valence-electron chi connectivity index (χ2n) is 6.78. The van der Waals surface area contributed by atoms with Crippen molar-refractivity contribution >= 4 is 24.8 Å². The Labute approximate surface area is 170 Å². The van der Waals surface area contributed by atoms with Crippen molar-refractivity contribution in [1.29, 1.82) is 0 Å². The summed E-state index contributed by atoms with van der Waals surface area (Å²) in [4.78, 5) is 8.08. The first kappa shape index (κ1) is 23.6. The first-order valence-electron chi connectivity index (χ1n) is 8.36. The quantitative estimate of drug-likeness (QED) is 0.618. The van der Waals surface area contributed by atoms with Crippen molar-refractivity contribution in [3.63, 3.8) is 0 Å². The number of aliphatic hydroxyl groups excluding tert-OH is 2. The van der Waals surface area contributed by atoms with Gasteiger partial charge >= 0.3 is 0 Å². The highest BCUT2D eigenvalue weighted by molar-refractivity contribution is 5.85. The van der Waals surface area contributed by atoms with E-state index in [-0.39, 0.29) is 30.2 Å². The van der Waals surface area contributed by atoms with Crippen molar-refractivity contribution in [2.75, 3.05) is 13.2 Å². The molecule has 8 nitrogen and oxygen atoms in total. The first-order chi connectivity index (χ1) is 12.0. The maximum atomic E-state index is 10.0. The number of ether oxygens (including phenoxy) is 1. The zero-order valence-corrected chi connectivity index (χ0v) is 16.9. The molecule has 2 heterocycles. The summed E-state index contributed by atoms with van der Waals surface area (Å²) < 4.78 is 10.9. The van der Waals surface area contributed by atoms with Gasteiger partial charge in [0.15, 0.2) is 0 Å². The van der Waals surface area contributed by atoms with Gasteiger partial charge in [-0.1, -0.05) is 5.16 Å². The minimum atomic E-state index is -0.744. The Balaban J connectivity index is 0.00000182. The Bertz CT molecular complexity index is 672. The van der Waals surface area contributed by atoms with E-state index in [1.165, 1.54) is 0 Å². The molecule has 0 radical (unpaired) electrons. The third-order valence-corrected chi connectivity index (χ3v) is 4.78. The van der Waals surface area contributed by atoms with E-state index in [9.17, 15) is 10.2 Å². The van der Waals surface area contributed by atoms with Crippen LogP contribution in [-0.2, 0) is 6.54 Å². The Morgan fingerprint density at radius 1 is 1.22 bits per heavy atom. The highest BCUT2D eigenvalue weighted by atomic mass is 35.5. The van der Waals surface area contributed by atoms with Gasteiger partial charge in [0.1, 0.15) is 5.76 Å². The Hall–Kier alpha value is -1.45. The van der Waals surface area contributed by atoms with Crippen LogP contribution in [-0.4, -0.2) is 50.7 Å². The molecule has 3 N–H and O–H groups in total. The van der Waals surface area contributed by atoms with Crippen molar-refractivity contribution in [2.45, 2.75) is 45.4 Å². The normalized spacial score (nSPS) is 24.1. The average molecular weight is 421 g/mol. The molecule has 0 bridgehead atoms. The molecule has 27 heavy (non-hydrogen) atoms. The molecule has 1 unspecified atom stereocenters. The van der Waals surface area contributed by atoms with Gasteiger partial charge in [0.2, 0.25) is 5.88 Å². The summed E-state index contributed by atoms with van der Waals surface area (Å²) in [5.74, 6) is 1.23. The molecule has 0 saturated heterocycles. The number of aryl methyl sites for hydroxylation is 2. The van der Waals surface area contributed by atoms with Crippen LogP contribution in [0.25, 0.3) is 0 Å². The minimum absolute atomic E-state index is 0. The van der Waals surface area contributed by atoms with E-state index < -0.39 is 12.2 Å². The zero-order valence-electron chi connectivity index (χ0n) is 15.3. The zero-order chi connectivity index (χ0) is 17.9. The van der Waals surface area contributed by atoms with E-state index in [2.05, 4.69) is 20.4 Å². The van der Waals surface area contributed by atoms with Crippen molar-refractivity contribution < 1.29 is 19.5 Å². The highest BCUT2D eigenvalue weighted by Gasteiger charge is 2.44. The van der Waals surface area contributed by atoms with Crippen LogP contribution < -0.4 is 10.1 Å². The molecule has 0 spiro atoms. The molecule has 3 atom stereocenters. The van der Waals surface area contributed by atoms with Gasteiger partial charge in [-0.25, -0.2) is 4.98 Å². The van der Waals surface area contributed by atoms with Crippen molar-refractivity contribution in [1.82, 2.24) is 20.4 Å². The smallest absolute Gasteiger partial charge is 0.232 e. The van der Waals surface area contributed by atoms with Gasteiger partial charge in [0, 0.05) is 36.5 Å².